The number of Topliss-reactive ketones (excluding diaryl/α,β-unsaturated/α-hetero) is 1. The van der Waals surface area contributed by atoms with Crippen molar-refractivity contribution in [3.8, 4) is 5.75 Å². The molecule has 2 aromatic rings. The molecule has 0 saturated heterocycles. The predicted molar refractivity (Wildman–Crippen MR) is 73.3 cm³/mol. The summed E-state index contributed by atoms with van der Waals surface area (Å²) in [6.07, 6.45) is 4.83. The fourth-order valence-corrected chi connectivity index (χ4v) is 1.84. The molecule has 1 aromatic heterocycles. The highest BCUT2D eigenvalue weighted by atomic mass is 79.9. The lowest BCUT2D eigenvalue weighted by Gasteiger charge is -2.02. The van der Waals surface area contributed by atoms with E-state index < -0.39 is 0 Å². The molecule has 5 nitrogen and oxygen atoms in total. The van der Waals surface area contributed by atoms with Gasteiger partial charge in [0.05, 0.1) is 18.9 Å². The van der Waals surface area contributed by atoms with Gasteiger partial charge in [0, 0.05) is 11.6 Å². The van der Waals surface area contributed by atoms with Crippen molar-refractivity contribution in [3.63, 3.8) is 0 Å². The van der Waals surface area contributed by atoms with Crippen molar-refractivity contribution in [2.45, 2.75) is 6.54 Å². The fraction of sp³-hybridized carbons (Fsp3) is 0.133. The highest BCUT2D eigenvalue weighted by molar-refractivity contribution is 5.95. The summed E-state index contributed by atoms with van der Waals surface area (Å²) >= 11 is 0. The molecule has 1 aromatic carbocycles. The minimum Gasteiger partial charge on any atom is -1.00 e. The number of pyridine rings is 1. The number of methoxy groups -OCH3 is 1. The summed E-state index contributed by atoms with van der Waals surface area (Å²) in [6, 6.07) is 10.6. The molecule has 0 amide bonds. The van der Waals surface area contributed by atoms with Crippen LogP contribution in [0.15, 0.2) is 53.9 Å². The maximum atomic E-state index is 12.2. The Morgan fingerprint density at radius 1 is 1.38 bits per heavy atom. The molecule has 0 bridgehead atoms. The van der Waals surface area contributed by atoms with Gasteiger partial charge in [-0.3, -0.25) is 4.79 Å². The van der Waals surface area contributed by atoms with Crippen molar-refractivity contribution in [2.75, 3.05) is 7.11 Å². The van der Waals surface area contributed by atoms with E-state index in [0.29, 0.717) is 16.9 Å². The highest BCUT2D eigenvalue weighted by Crippen LogP contribution is 2.12. The number of carbonyl (C=O) groups is 1. The van der Waals surface area contributed by atoms with Gasteiger partial charge in [-0.05, 0) is 18.2 Å². The number of carbonyl (C=O) groups excluding carboxylic acids is 1. The Labute approximate surface area is 133 Å². The first kappa shape index (κ1) is 16.8. The third-order valence-electron chi connectivity index (χ3n) is 2.81. The zero-order valence-corrected chi connectivity index (χ0v) is 13.0. The van der Waals surface area contributed by atoms with Gasteiger partial charge in [0.15, 0.2) is 12.4 Å². The number of rotatable bonds is 5. The van der Waals surface area contributed by atoms with E-state index in [-0.39, 0.29) is 29.3 Å². The van der Waals surface area contributed by atoms with E-state index in [4.69, 9.17) is 9.94 Å². The van der Waals surface area contributed by atoms with E-state index in [1.54, 1.807) is 60.5 Å². The Kier molecular flexibility index (Phi) is 6.55. The van der Waals surface area contributed by atoms with Crippen LogP contribution in [-0.2, 0) is 6.54 Å². The Hall–Kier alpha value is -2.21. The van der Waals surface area contributed by atoms with Crippen molar-refractivity contribution in [1.29, 1.82) is 0 Å². The molecule has 0 spiro atoms. The molecular formula is C15H15BrN2O3. The van der Waals surface area contributed by atoms with Crippen molar-refractivity contribution in [3.05, 3.63) is 59.9 Å². The van der Waals surface area contributed by atoms with Crippen LogP contribution in [-0.4, -0.2) is 24.3 Å². The summed E-state index contributed by atoms with van der Waals surface area (Å²) in [5.74, 6) is 0.633. The van der Waals surface area contributed by atoms with Crippen LogP contribution in [0.5, 0.6) is 5.75 Å². The van der Waals surface area contributed by atoms with Crippen molar-refractivity contribution in [2.24, 2.45) is 5.16 Å². The number of halogens is 1. The summed E-state index contributed by atoms with van der Waals surface area (Å²) in [4.78, 5) is 12.2. The molecule has 2 rings (SSSR count). The first-order valence-corrected chi connectivity index (χ1v) is 6.06. The van der Waals surface area contributed by atoms with E-state index in [1.807, 2.05) is 0 Å². The molecule has 110 valence electrons. The molecular weight excluding hydrogens is 336 g/mol. The second kappa shape index (κ2) is 8.16. The van der Waals surface area contributed by atoms with Gasteiger partial charge in [0.25, 0.3) is 0 Å². The van der Waals surface area contributed by atoms with Crippen LogP contribution in [0.4, 0.5) is 0 Å². The smallest absolute Gasteiger partial charge is 0.227 e. The number of aromatic nitrogens is 1. The molecule has 0 unspecified atom stereocenters. The number of oxime groups is 1. The number of nitrogens with zero attached hydrogens (tertiary/aromatic N) is 2. The highest BCUT2D eigenvalue weighted by Gasteiger charge is 2.13. The standard InChI is InChI=1S/C15H14N2O3.BrH/c1-20-14-6-2-5-13(8-14)15(18)11-17-7-3-4-12(10-17)9-16-19;/h2-10H,11H2,1H3;1H. The van der Waals surface area contributed by atoms with Gasteiger partial charge in [0.1, 0.15) is 5.75 Å². The number of ether oxygens (including phenoxy) is 1. The average Bonchev–Trinajstić information content (AvgIpc) is 2.48. The van der Waals surface area contributed by atoms with Crippen LogP contribution in [0.25, 0.3) is 0 Å². The molecule has 6 heteroatoms. The van der Waals surface area contributed by atoms with E-state index in [1.165, 1.54) is 6.21 Å². The van der Waals surface area contributed by atoms with E-state index in [2.05, 4.69) is 5.16 Å². The molecule has 0 aliphatic rings. The Morgan fingerprint density at radius 2 is 2.19 bits per heavy atom. The molecule has 0 aliphatic carbocycles. The van der Waals surface area contributed by atoms with Gasteiger partial charge in [-0.2, -0.15) is 4.57 Å². The van der Waals surface area contributed by atoms with Crippen LogP contribution >= 0.6 is 0 Å². The van der Waals surface area contributed by atoms with Gasteiger partial charge in [0.2, 0.25) is 12.3 Å². The first-order chi connectivity index (χ1) is 9.72. The summed E-state index contributed by atoms with van der Waals surface area (Å²) < 4.78 is 6.84. The Balaban J connectivity index is 0.00000220. The molecule has 0 radical (unpaired) electrons. The van der Waals surface area contributed by atoms with Crippen molar-refractivity contribution >= 4 is 12.0 Å². The monoisotopic (exact) mass is 350 g/mol. The normalized spacial score (nSPS) is 10.1. The molecule has 1 heterocycles. The number of hydrogen-bond donors (Lipinski definition) is 1. The third kappa shape index (κ3) is 4.68. The molecule has 21 heavy (non-hydrogen) atoms. The van der Waals surface area contributed by atoms with E-state index in [9.17, 15) is 4.79 Å². The minimum absolute atomic E-state index is 0. The Bertz CT molecular complexity index is 644. The summed E-state index contributed by atoms with van der Waals surface area (Å²) in [7, 11) is 1.57. The van der Waals surface area contributed by atoms with Crippen LogP contribution in [0, 0.1) is 0 Å². The molecule has 0 aliphatic heterocycles. The van der Waals surface area contributed by atoms with Crippen LogP contribution in [0.1, 0.15) is 15.9 Å². The molecule has 0 saturated carbocycles. The van der Waals surface area contributed by atoms with E-state index in [0.717, 1.165) is 0 Å². The second-order valence-corrected chi connectivity index (χ2v) is 4.21. The Morgan fingerprint density at radius 3 is 2.90 bits per heavy atom. The molecule has 0 atom stereocenters. The number of ketones is 1. The topological polar surface area (TPSA) is 62.8 Å². The van der Waals surface area contributed by atoms with Crippen LogP contribution < -0.4 is 26.3 Å². The lowest BCUT2D eigenvalue weighted by molar-refractivity contribution is -0.683. The minimum atomic E-state index is -0.0213. The van der Waals surface area contributed by atoms with Crippen molar-refractivity contribution in [1.82, 2.24) is 0 Å². The second-order valence-electron chi connectivity index (χ2n) is 4.21. The van der Waals surface area contributed by atoms with Crippen molar-refractivity contribution < 1.29 is 36.3 Å². The summed E-state index contributed by atoms with van der Waals surface area (Å²) in [5.41, 5.74) is 1.31. The van der Waals surface area contributed by atoms with Crippen LogP contribution in [0.3, 0.4) is 0 Å². The zero-order chi connectivity index (χ0) is 14.4. The van der Waals surface area contributed by atoms with Gasteiger partial charge in [-0.15, -0.1) is 0 Å². The molecule has 0 fully saturated rings. The zero-order valence-electron chi connectivity index (χ0n) is 11.4. The van der Waals surface area contributed by atoms with Gasteiger partial charge in [-0.1, -0.05) is 17.3 Å². The number of benzene rings is 1. The third-order valence-corrected chi connectivity index (χ3v) is 2.81. The summed E-state index contributed by atoms with van der Waals surface area (Å²) in [5, 5.41) is 11.5. The lowest BCUT2D eigenvalue weighted by atomic mass is 10.1. The van der Waals surface area contributed by atoms with Gasteiger partial charge in [-0.25, -0.2) is 0 Å². The maximum absolute atomic E-state index is 12.2. The van der Waals surface area contributed by atoms with Crippen LogP contribution in [0.2, 0.25) is 0 Å². The predicted octanol–water partition coefficient (Wildman–Crippen LogP) is -1.32. The number of hydrogen-bond acceptors (Lipinski definition) is 4. The summed E-state index contributed by atoms with van der Waals surface area (Å²) in [6.45, 7) is 0.209. The van der Waals surface area contributed by atoms with Gasteiger partial charge < -0.3 is 26.9 Å². The SMILES string of the molecule is COc1cccc(C(=O)C[n+]2cccc(C=NO)c2)c1.[Br-]. The van der Waals surface area contributed by atoms with Gasteiger partial charge >= 0.3 is 0 Å². The first-order valence-electron chi connectivity index (χ1n) is 6.06. The fourth-order valence-electron chi connectivity index (χ4n) is 1.84. The average molecular weight is 351 g/mol. The quantitative estimate of drug-likeness (QED) is 0.239. The largest absolute Gasteiger partial charge is 1.00 e. The molecule has 1 N–H and O–H groups in total. The maximum Gasteiger partial charge on any atom is 0.227 e. The van der Waals surface area contributed by atoms with E-state index >= 15 is 0 Å². The lowest BCUT2D eigenvalue weighted by Crippen LogP contribution is -3.00.